The van der Waals surface area contributed by atoms with Gasteiger partial charge in [-0.25, -0.2) is 9.18 Å². The summed E-state index contributed by atoms with van der Waals surface area (Å²) in [6.45, 7) is 4.65. The zero-order valence-electron chi connectivity index (χ0n) is 16.3. The number of amides is 2. The molecule has 8 heteroatoms. The molecule has 0 aromatic heterocycles. The highest BCUT2D eigenvalue weighted by Crippen LogP contribution is 2.20. The number of carbonyl (C=O) groups is 3. The summed E-state index contributed by atoms with van der Waals surface area (Å²) >= 11 is 5.91. The first-order valence-corrected chi connectivity index (χ1v) is 9.35. The molecule has 154 valence electrons. The van der Waals surface area contributed by atoms with E-state index in [1.807, 2.05) is 0 Å². The van der Waals surface area contributed by atoms with Crippen LogP contribution in [0.15, 0.2) is 42.5 Å². The Morgan fingerprint density at radius 2 is 1.83 bits per heavy atom. The third-order valence-corrected chi connectivity index (χ3v) is 4.38. The van der Waals surface area contributed by atoms with Crippen LogP contribution in [0.1, 0.15) is 29.8 Å². The predicted molar refractivity (Wildman–Crippen MR) is 108 cm³/mol. The fourth-order valence-electron chi connectivity index (χ4n) is 2.50. The molecule has 0 unspecified atom stereocenters. The van der Waals surface area contributed by atoms with Crippen LogP contribution in [0, 0.1) is 18.7 Å². The summed E-state index contributed by atoms with van der Waals surface area (Å²) in [7, 11) is 0. The first-order chi connectivity index (χ1) is 13.7. The molecule has 2 aromatic carbocycles. The first kappa shape index (κ1) is 22.4. The zero-order chi connectivity index (χ0) is 21.6. The van der Waals surface area contributed by atoms with Crippen LogP contribution >= 0.6 is 11.6 Å². The SMILES string of the molecule is Cc1ccc(Cl)cc1NC(=O)COC(=O)[C@@H](NC(=O)c1ccccc1F)C(C)C. The topological polar surface area (TPSA) is 84.5 Å². The summed E-state index contributed by atoms with van der Waals surface area (Å²) in [5.74, 6) is -3.11. The van der Waals surface area contributed by atoms with Gasteiger partial charge in [-0.15, -0.1) is 0 Å². The minimum Gasteiger partial charge on any atom is -0.454 e. The van der Waals surface area contributed by atoms with E-state index < -0.39 is 36.2 Å². The molecule has 2 rings (SSSR count). The van der Waals surface area contributed by atoms with Gasteiger partial charge in [-0.1, -0.05) is 43.6 Å². The summed E-state index contributed by atoms with van der Waals surface area (Å²) in [6, 6.07) is 9.43. The molecule has 0 aliphatic carbocycles. The van der Waals surface area contributed by atoms with E-state index in [-0.39, 0.29) is 11.5 Å². The number of aryl methyl sites for hydroxylation is 1. The molecule has 0 aliphatic rings. The van der Waals surface area contributed by atoms with E-state index in [2.05, 4.69) is 10.6 Å². The van der Waals surface area contributed by atoms with Gasteiger partial charge in [-0.05, 0) is 42.7 Å². The quantitative estimate of drug-likeness (QED) is 0.668. The Labute approximate surface area is 173 Å². The molecule has 2 N–H and O–H groups in total. The Kier molecular flexibility index (Phi) is 7.73. The van der Waals surface area contributed by atoms with Crippen LogP contribution in [0.2, 0.25) is 5.02 Å². The lowest BCUT2D eigenvalue weighted by Crippen LogP contribution is -2.46. The van der Waals surface area contributed by atoms with E-state index in [4.69, 9.17) is 16.3 Å². The second-order valence-electron chi connectivity index (χ2n) is 6.79. The number of benzene rings is 2. The fourth-order valence-corrected chi connectivity index (χ4v) is 2.68. The number of carbonyl (C=O) groups excluding carboxylic acids is 3. The molecule has 1 atom stereocenters. The van der Waals surface area contributed by atoms with Crippen molar-refractivity contribution in [2.45, 2.75) is 26.8 Å². The summed E-state index contributed by atoms with van der Waals surface area (Å²) < 4.78 is 18.8. The number of hydrogen-bond acceptors (Lipinski definition) is 4. The smallest absolute Gasteiger partial charge is 0.329 e. The van der Waals surface area contributed by atoms with Gasteiger partial charge < -0.3 is 15.4 Å². The molecule has 0 bridgehead atoms. The average Bonchev–Trinajstić information content (AvgIpc) is 2.67. The van der Waals surface area contributed by atoms with Gasteiger partial charge in [0.2, 0.25) is 0 Å². The largest absolute Gasteiger partial charge is 0.454 e. The number of halogens is 2. The maximum atomic E-state index is 13.8. The fraction of sp³-hybridized carbons (Fsp3) is 0.286. The van der Waals surface area contributed by atoms with Crippen LogP contribution in [0.5, 0.6) is 0 Å². The van der Waals surface area contributed by atoms with Gasteiger partial charge in [0.25, 0.3) is 11.8 Å². The van der Waals surface area contributed by atoms with E-state index in [9.17, 15) is 18.8 Å². The molecule has 0 saturated carbocycles. The summed E-state index contributed by atoms with van der Waals surface area (Å²) in [5, 5.41) is 5.53. The van der Waals surface area contributed by atoms with Crippen molar-refractivity contribution in [3.8, 4) is 0 Å². The molecule has 0 spiro atoms. The van der Waals surface area contributed by atoms with Crippen molar-refractivity contribution in [2.24, 2.45) is 5.92 Å². The zero-order valence-corrected chi connectivity index (χ0v) is 17.0. The third-order valence-electron chi connectivity index (χ3n) is 4.14. The van der Waals surface area contributed by atoms with Gasteiger partial charge in [-0.3, -0.25) is 9.59 Å². The average molecular weight is 421 g/mol. The molecule has 0 heterocycles. The maximum absolute atomic E-state index is 13.8. The summed E-state index contributed by atoms with van der Waals surface area (Å²) in [6.07, 6.45) is 0. The van der Waals surface area contributed by atoms with Gasteiger partial charge >= 0.3 is 5.97 Å². The predicted octanol–water partition coefficient (Wildman–Crippen LogP) is 3.72. The van der Waals surface area contributed by atoms with Crippen LogP contribution < -0.4 is 10.6 Å². The first-order valence-electron chi connectivity index (χ1n) is 8.97. The highest BCUT2D eigenvalue weighted by atomic mass is 35.5. The van der Waals surface area contributed by atoms with Gasteiger partial charge in [-0.2, -0.15) is 0 Å². The number of ether oxygens (including phenoxy) is 1. The van der Waals surface area contributed by atoms with Gasteiger partial charge in [0, 0.05) is 10.7 Å². The minimum absolute atomic E-state index is 0.180. The maximum Gasteiger partial charge on any atom is 0.329 e. The second-order valence-corrected chi connectivity index (χ2v) is 7.23. The Hall–Kier alpha value is -2.93. The van der Waals surface area contributed by atoms with Crippen LogP contribution in [-0.2, 0) is 14.3 Å². The lowest BCUT2D eigenvalue weighted by Gasteiger charge is -2.21. The van der Waals surface area contributed by atoms with Crippen LogP contribution in [-0.4, -0.2) is 30.4 Å². The Morgan fingerprint density at radius 3 is 2.48 bits per heavy atom. The summed E-state index contributed by atoms with van der Waals surface area (Å²) in [5.41, 5.74) is 1.12. The molecule has 2 amide bonds. The highest BCUT2D eigenvalue weighted by molar-refractivity contribution is 6.31. The number of hydrogen-bond donors (Lipinski definition) is 2. The number of anilines is 1. The van der Waals surface area contributed by atoms with Crippen LogP contribution in [0.4, 0.5) is 10.1 Å². The monoisotopic (exact) mass is 420 g/mol. The van der Waals surface area contributed by atoms with E-state index in [0.717, 1.165) is 11.6 Å². The molecule has 0 saturated heterocycles. The van der Waals surface area contributed by atoms with Crippen LogP contribution in [0.3, 0.4) is 0 Å². The highest BCUT2D eigenvalue weighted by Gasteiger charge is 2.27. The van der Waals surface area contributed by atoms with E-state index in [1.165, 1.54) is 18.2 Å². The van der Waals surface area contributed by atoms with Crippen molar-refractivity contribution in [1.82, 2.24) is 5.32 Å². The van der Waals surface area contributed by atoms with Gasteiger partial charge in [0.05, 0.1) is 5.56 Å². The van der Waals surface area contributed by atoms with Crippen molar-refractivity contribution >= 4 is 35.1 Å². The normalized spacial score (nSPS) is 11.7. The molecular weight excluding hydrogens is 399 g/mol. The molecule has 0 radical (unpaired) electrons. The van der Waals surface area contributed by atoms with Crippen molar-refractivity contribution in [3.63, 3.8) is 0 Å². The Balaban J connectivity index is 1.97. The van der Waals surface area contributed by atoms with Crippen molar-refractivity contribution in [3.05, 3.63) is 64.4 Å². The van der Waals surface area contributed by atoms with E-state index >= 15 is 0 Å². The van der Waals surface area contributed by atoms with E-state index in [1.54, 1.807) is 39.0 Å². The number of esters is 1. The molecular formula is C21H22ClFN2O4. The lowest BCUT2D eigenvalue weighted by atomic mass is 10.0. The third kappa shape index (κ3) is 6.29. The second kappa shape index (κ2) is 10.0. The number of rotatable bonds is 7. The molecule has 6 nitrogen and oxygen atoms in total. The van der Waals surface area contributed by atoms with E-state index in [0.29, 0.717) is 10.7 Å². The van der Waals surface area contributed by atoms with Gasteiger partial charge in [0.1, 0.15) is 11.9 Å². The standard InChI is InChI=1S/C21H22ClFN2O4/c1-12(2)19(25-20(27)15-6-4-5-7-16(15)23)21(28)29-11-18(26)24-17-10-14(22)9-8-13(17)3/h4-10,12,19H,11H2,1-3H3,(H,24,26)(H,25,27)/t19-/m0/s1. The van der Waals surface area contributed by atoms with Crippen molar-refractivity contribution in [1.29, 1.82) is 0 Å². The Morgan fingerprint density at radius 1 is 1.14 bits per heavy atom. The van der Waals surface area contributed by atoms with Crippen LogP contribution in [0.25, 0.3) is 0 Å². The number of nitrogens with one attached hydrogen (secondary N) is 2. The molecule has 0 aliphatic heterocycles. The van der Waals surface area contributed by atoms with Crippen molar-refractivity contribution < 1.29 is 23.5 Å². The molecule has 29 heavy (non-hydrogen) atoms. The van der Waals surface area contributed by atoms with Crippen molar-refractivity contribution in [2.75, 3.05) is 11.9 Å². The molecule has 2 aromatic rings. The minimum atomic E-state index is -1.04. The van der Waals surface area contributed by atoms with Gasteiger partial charge in [0.15, 0.2) is 6.61 Å². The summed E-state index contributed by atoms with van der Waals surface area (Å²) in [4.78, 5) is 36.8. The lowest BCUT2D eigenvalue weighted by molar-refractivity contribution is -0.150. The Bertz CT molecular complexity index is 917. The molecule has 0 fully saturated rings.